The Bertz CT molecular complexity index is 533. The molecule has 0 saturated heterocycles. The number of hydrogen-bond acceptors (Lipinski definition) is 3. The number of Topliss-reactive ketones (excluding diaryl/α,β-unsaturated/α-hetero) is 1. The van der Waals surface area contributed by atoms with Crippen LogP contribution in [0.4, 0.5) is 0 Å². The molecular weight excluding hydrogens is 304 g/mol. The summed E-state index contributed by atoms with van der Waals surface area (Å²) < 4.78 is 12.3. The summed E-state index contributed by atoms with van der Waals surface area (Å²) in [6.45, 7) is 13.6. The molecule has 23 heavy (non-hydrogen) atoms. The van der Waals surface area contributed by atoms with Crippen LogP contribution in [-0.2, 0) is 20.6 Å². The highest BCUT2D eigenvalue weighted by atomic mass is 28.4. The van der Waals surface area contributed by atoms with Crippen molar-refractivity contribution in [1.82, 2.24) is 0 Å². The zero-order valence-electron chi connectivity index (χ0n) is 15.3. The van der Waals surface area contributed by atoms with Gasteiger partial charge in [0.2, 0.25) is 0 Å². The Morgan fingerprint density at radius 2 is 1.78 bits per heavy atom. The lowest BCUT2D eigenvalue weighted by Crippen LogP contribution is -2.47. The Kier molecular flexibility index (Phi) is 5.49. The van der Waals surface area contributed by atoms with Gasteiger partial charge < -0.3 is 9.16 Å². The minimum Gasteiger partial charge on any atom is -0.407 e. The van der Waals surface area contributed by atoms with E-state index in [1.807, 2.05) is 30.3 Å². The van der Waals surface area contributed by atoms with Crippen LogP contribution in [0.15, 0.2) is 30.3 Å². The molecule has 128 valence electrons. The summed E-state index contributed by atoms with van der Waals surface area (Å²) in [7, 11) is -1.95. The summed E-state index contributed by atoms with van der Waals surface area (Å²) in [6.07, 6.45) is 0.113. The fourth-order valence-corrected chi connectivity index (χ4v) is 3.97. The SMILES string of the molecule is C[C@@H]1C[C@@H](OCc2ccccc2)C(=O)[C@H]1O[Si](C)(C)C(C)(C)C. The van der Waals surface area contributed by atoms with Gasteiger partial charge in [-0.05, 0) is 36.0 Å². The lowest BCUT2D eigenvalue weighted by atomic mass is 10.1. The van der Waals surface area contributed by atoms with E-state index in [-0.39, 0.29) is 28.9 Å². The van der Waals surface area contributed by atoms with Gasteiger partial charge in [-0.25, -0.2) is 0 Å². The normalized spacial score (nSPS) is 25.8. The van der Waals surface area contributed by atoms with Gasteiger partial charge in [0.25, 0.3) is 0 Å². The average molecular weight is 335 g/mol. The van der Waals surface area contributed by atoms with E-state index in [1.165, 1.54) is 0 Å². The summed E-state index contributed by atoms with van der Waals surface area (Å²) >= 11 is 0. The topological polar surface area (TPSA) is 35.5 Å². The Morgan fingerprint density at radius 3 is 2.35 bits per heavy atom. The number of rotatable bonds is 5. The zero-order valence-corrected chi connectivity index (χ0v) is 16.3. The Hall–Kier alpha value is -0.973. The number of ether oxygens (including phenoxy) is 1. The molecule has 0 heterocycles. The maximum Gasteiger partial charge on any atom is 0.193 e. The molecular formula is C19H30O3Si. The average Bonchev–Trinajstić information content (AvgIpc) is 2.72. The fourth-order valence-electron chi connectivity index (χ4n) is 2.63. The molecule has 1 saturated carbocycles. The minimum atomic E-state index is -1.95. The third-order valence-corrected chi connectivity index (χ3v) is 9.68. The Balaban J connectivity index is 1.98. The van der Waals surface area contributed by atoms with Gasteiger partial charge in [0.1, 0.15) is 12.2 Å². The van der Waals surface area contributed by atoms with Crippen molar-refractivity contribution < 1.29 is 14.0 Å². The van der Waals surface area contributed by atoms with Crippen molar-refractivity contribution in [2.75, 3.05) is 0 Å². The van der Waals surface area contributed by atoms with E-state index in [1.54, 1.807) is 0 Å². The van der Waals surface area contributed by atoms with E-state index in [0.29, 0.717) is 6.61 Å². The van der Waals surface area contributed by atoms with Gasteiger partial charge in [-0.3, -0.25) is 4.79 Å². The first-order valence-corrected chi connectivity index (χ1v) is 11.4. The number of benzene rings is 1. The maximum atomic E-state index is 12.7. The smallest absolute Gasteiger partial charge is 0.193 e. The van der Waals surface area contributed by atoms with E-state index in [2.05, 4.69) is 40.8 Å². The number of carbonyl (C=O) groups excluding carboxylic acids is 1. The predicted molar refractivity (Wildman–Crippen MR) is 95.9 cm³/mol. The number of ketones is 1. The van der Waals surface area contributed by atoms with Crippen molar-refractivity contribution in [3.05, 3.63) is 35.9 Å². The first-order valence-electron chi connectivity index (χ1n) is 8.49. The molecule has 0 aliphatic heterocycles. The first-order chi connectivity index (χ1) is 10.6. The second-order valence-electron chi connectivity index (χ2n) is 8.20. The molecule has 1 aliphatic rings. The number of carbonyl (C=O) groups is 1. The lowest BCUT2D eigenvalue weighted by molar-refractivity contribution is -0.134. The summed E-state index contributed by atoms with van der Waals surface area (Å²) in [6, 6.07) is 10.00. The molecule has 0 bridgehead atoms. The van der Waals surface area contributed by atoms with Crippen LogP contribution in [0.2, 0.25) is 18.1 Å². The largest absolute Gasteiger partial charge is 0.407 e. The molecule has 0 N–H and O–H groups in total. The van der Waals surface area contributed by atoms with Gasteiger partial charge >= 0.3 is 0 Å². The third kappa shape index (κ3) is 4.31. The van der Waals surface area contributed by atoms with Gasteiger partial charge in [-0.2, -0.15) is 0 Å². The third-order valence-electron chi connectivity index (χ3n) is 5.22. The van der Waals surface area contributed by atoms with Crippen LogP contribution in [-0.4, -0.2) is 26.3 Å². The van der Waals surface area contributed by atoms with E-state index < -0.39 is 8.32 Å². The summed E-state index contributed by atoms with van der Waals surface area (Å²) in [4.78, 5) is 12.7. The molecule has 3 nitrogen and oxygen atoms in total. The highest BCUT2D eigenvalue weighted by molar-refractivity contribution is 6.74. The van der Waals surface area contributed by atoms with Crippen LogP contribution < -0.4 is 0 Å². The van der Waals surface area contributed by atoms with Crippen LogP contribution >= 0.6 is 0 Å². The molecule has 0 aromatic heterocycles. The van der Waals surface area contributed by atoms with Crippen molar-refractivity contribution in [3.63, 3.8) is 0 Å². The molecule has 0 spiro atoms. The molecule has 2 rings (SSSR count). The monoisotopic (exact) mass is 334 g/mol. The van der Waals surface area contributed by atoms with Crippen LogP contribution in [0.25, 0.3) is 0 Å². The van der Waals surface area contributed by atoms with Gasteiger partial charge in [0.15, 0.2) is 14.1 Å². The van der Waals surface area contributed by atoms with Crippen molar-refractivity contribution >= 4 is 14.1 Å². The van der Waals surface area contributed by atoms with Gasteiger partial charge in [0.05, 0.1) is 6.61 Å². The highest BCUT2D eigenvalue weighted by Gasteiger charge is 2.47. The predicted octanol–water partition coefficient (Wildman–Crippen LogP) is 4.57. The summed E-state index contributed by atoms with van der Waals surface area (Å²) in [5.74, 6) is 0.343. The van der Waals surface area contributed by atoms with Crippen molar-refractivity contribution in [2.45, 2.75) is 71.1 Å². The lowest BCUT2D eigenvalue weighted by Gasteiger charge is -2.38. The van der Waals surface area contributed by atoms with E-state index in [0.717, 1.165) is 12.0 Å². The quantitative estimate of drug-likeness (QED) is 0.740. The first kappa shape index (κ1) is 18.4. The summed E-state index contributed by atoms with van der Waals surface area (Å²) in [5, 5.41) is 0.107. The molecule has 3 atom stereocenters. The van der Waals surface area contributed by atoms with Crippen LogP contribution in [0, 0.1) is 5.92 Å². The van der Waals surface area contributed by atoms with Crippen LogP contribution in [0.5, 0.6) is 0 Å². The van der Waals surface area contributed by atoms with E-state index >= 15 is 0 Å². The molecule has 0 radical (unpaired) electrons. The Labute approximate surface area is 141 Å². The van der Waals surface area contributed by atoms with Crippen molar-refractivity contribution in [3.8, 4) is 0 Å². The molecule has 1 fully saturated rings. The molecule has 0 unspecified atom stereocenters. The summed E-state index contributed by atoms with van der Waals surface area (Å²) in [5.41, 5.74) is 1.10. The van der Waals surface area contributed by atoms with Gasteiger partial charge in [-0.1, -0.05) is 58.0 Å². The van der Waals surface area contributed by atoms with Crippen molar-refractivity contribution in [2.24, 2.45) is 5.92 Å². The molecule has 1 aliphatic carbocycles. The van der Waals surface area contributed by atoms with Gasteiger partial charge in [-0.15, -0.1) is 0 Å². The van der Waals surface area contributed by atoms with Crippen molar-refractivity contribution in [1.29, 1.82) is 0 Å². The molecule has 1 aromatic rings. The molecule has 0 amide bonds. The van der Waals surface area contributed by atoms with Crippen LogP contribution in [0.1, 0.15) is 39.7 Å². The van der Waals surface area contributed by atoms with E-state index in [9.17, 15) is 4.79 Å². The number of hydrogen-bond donors (Lipinski definition) is 0. The standard InChI is InChI=1S/C19H30O3Si/c1-14-12-16(21-13-15-10-8-7-9-11-15)17(20)18(14)22-23(5,6)19(2,3)4/h7-11,14,16,18H,12-13H2,1-6H3/t14-,16-,18+/m1/s1. The van der Waals surface area contributed by atoms with Gasteiger partial charge in [0, 0.05) is 0 Å². The zero-order chi connectivity index (χ0) is 17.3. The van der Waals surface area contributed by atoms with Crippen LogP contribution in [0.3, 0.4) is 0 Å². The van der Waals surface area contributed by atoms with E-state index in [4.69, 9.17) is 9.16 Å². The minimum absolute atomic E-state index is 0.107. The molecule has 4 heteroatoms. The maximum absolute atomic E-state index is 12.7. The molecule has 1 aromatic carbocycles. The Morgan fingerprint density at radius 1 is 1.17 bits per heavy atom. The highest BCUT2D eigenvalue weighted by Crippen LogP contribution is 2.40. The second kappa shape index (κ2) is 6.87. The second-order valence-corrected chi connectivity index (χ2v) is 13.0. The fraction of sp³-hybridized carbons (Fsp3) is 0.632.